The number of rotatable bonds is 5. The van der Waals surface area contributed by atoms with Crippen LogP contribution in [-0.4, -0.2) is 19.4 Å². The lowest BCUT2D eigenvalue weighted by atomic mass is 10.0. The number of halogens is 1. The second kappa shape index (κ2) is 5.63. The SMILES string of the molecule is CNCC(C)C(=O)Cc1ccc(Br)s1. The van der Waals surface area contributed by atoms with Crippen LogP contribution in [0.15, 0.2) is 15.9 Å². The zero-order valence-electron chi connectivity index (χ0n) is 8.34. The van der Waals surface area contributed by atoms with Crippen LogP contribution in [0.3, 0.4) is 0 Å². The van der Waals surface area contributed by atoms with Crippen LogP contribution in [0.5, 0.6) is 0 Å². The van der Waals surface area contributed by atoms with E-state index in [-0.39, 0.29) is 5.92 Å². The summed E-state index contributed by atoms with van der Waals surface area (Å²) in [6.07, 6.45) is 0.555. The van der Waals surface area contributed by atoms with E-state index in [1.165, 1.54) is 0 Å². The fraction of sp³-hybridized carbons (Fsp3) is 0.500. The molecule has 0 aliphatic carbocycles. The van der Waals surface area contributed by atoms with Crippen LogP contribution in [0.2, 0.25) is 0 Å². The van der Waals surface area contributed by atoms with Gasteiger partial charge in [0, 0.05) is 23.8 Å². The number of Topliss-reactive ketones (excluding diaryl/α,β-unsaturated/α-hetero) is 1. The van der Waals surface area contributed by atoms with Crippen molar-refractivity contribution >= 4 is 33.0 Å². The maximum atomic E-state index is 11.7. The molecule has 1 aromatic heterocycles. The summed E-state index contributed by atoms with van der Waals surface area (Å²) in [5.41, 5.74) is 0. The van der Waals surface area contributed by atoms with Crippen molar-refractivity contribution in [3.63, 3.8) is 0 Å². The van der Waals surface area contributed by atoms with E-state index < -0.39 is 0 Å². The normalized spacial score (nSPS) is 12.8. The summed E-state index contributed by atoms with van der Waals surface area (Å²) in [6, 6.07) is 3.98. The van der Waals surface area contributed by atoms with Crippen LogP contribution < -0.4 is 5.32 Å². The van der Waals surface area contributed by atoms with Gasteiger partial charge in [-0.3, -0.25) is 4.79 Å². The maximum Gasteiger partial charge on any atom is 0.142 e. The van der Waals surface area contributed by atoms with Crippen LogP contribution in [0.25, 0.3) is 0 Å². The molecule has 78 valence electrons. The molecule has 1 aromatic rings. The molecule has 0 aliphatic rings. The van der Waals surface area contributed by atoms with Crippen molar-refractivity contribution in [1.29, 1.82) is 0 Å². The highest BCUT2D eigenvalue weighted by Gasteiger charge is 2.13. The molecule has 1 atom stereocenters. The Balaban J connectivity index is 2.48. The van der Waals surface area contributed by atoms with Gasteiger partial charge in [0.15, 0.2) is 0 Å². The first-order valence-electron chi connectivity index (χ1n) is 4.55. The summed E-state index contributed by atoms with van der Waals surface area (Å²) in [5, 5.41) is 3.01. The van der Waals surface area contributed by atoms with E-state index in [1.807, 2.05) is 26.1 Å². The standard InChI is InChI=1S/C10H14BrNOS/c1-7(6-12-2)9(13)5-8-3-4-10(11)14-8/h3-4,7,12H,5-6H2,1-2H3. The van der Waals surface area contributed by atoms with Gasteiger partial charge in [-0.15, -0.1) is 11.3 Å². The quantitative estimate of drug-likeness (QED) is 0.895. The van der Waals surface area contributed by atoms with Gasteiger partial charge in [-0.05, 0) is 35.1 Å². The lowest BCUT2D eigenvalue weighted by Gasteiger charge is -2.07. The fourth-order valence-electron chi connectivity index (χ4n) is 1.21. The molecule has 0 amide bonds. The number of thiophene rings is 1. The largest absolute Gasteiger partial charge is 0.319 e. The first-order valence-corrected chi connectivity index (χ1v) is 6.16. The number of nitrogens with one attached hydrogen (secondary N) is 1. The summed E-state index contributed by atoms with van der Waals surface area (Å²) >= 11 is 5.01. The molecule has 2 nitrogen and oxygen atoms in total. The molecule has 0 spiro atoms. The molecule has 0 bridgehead atoms. The number of ketones is 1. The molecule has 1 heterocycles. The minimum Gasteiger partial charge on any atom is -0.319 e. The summed E-state index contributed by atoms with van der Waals surface area (Å²) in [7, 11) is 1.87. The summed E-state index contributed by atoms with van der Waals surface area (Å²) in [5.74, 6) is 0.398. The van der Waals surface area contributed by atoms with Crippen molar-refractivity contribution in [3.8, 4) is 0 Å². The molecule has 0 saturated heterocycles. The van der Waals surface area contributed by atoms with E-state index in [2.05, 4.69) is 21.2 Å². The van der Waals surface area contributed by atoms with Gasteiger partial charge in [0.2, 0.25) is 0 Å². The smallest absolute Gasteiger partial charge is 0.142 e. The molecular formula is C10H14BrNOS. The van der Waals surface area contributed by atoms with Gasteiger partial charge in [0.25, 0.3) is 0 Å². The third-order valence-electron chi connectivity index (χ3n) is 2.04. The van der Waals surface area contributed by atoms with Crippen LogP contribution in [0.1, 0.15) is 11.8 Å². The number of carbonyl (C=O) groups is 1. The monoisotopic (exact) mass is 275 g/mol. The van der Waals surface area contributed by atoms with Crippen molar-refractivity contribution in [2.75, 3.05) is 13.6 Å². The summed E-state index contributed by atoms with van der Waals surface area (Å²) in [6.45, 7) is 2.72. The van der Waals surface area contributed by atoms with Crippen molar-refractivity contribution in [1.82, 2.24) is 5.32 Å². The second-order valence-corrected chi connectivity index (χ2v) is 5.86. The molecule has 0 aromatic carbocycles. The van der Waals surface area contributed by atoms with E-state index in [0.717, 1.165) is 15.2 Å². The maximum absolute atomic E-state index is 11.7. The van der Waals surface area contributed by atoms with Gasteiger partial charge in [-0.25, -0.2) is 0 Å². The van der Waals surface area contributed by atoms with Gasteiger partial charge in [-0.1, -0.05) is 6.92 Å². The second-order valence-electron chi connectivity index (χ2n) is 3.31. The molecule has 0 saturated carbocycles. The highest BCUT2D eigenvalue weighted by molar-refractivity contribution is 9.11. The zero-order chi connectivity index (χ0) is 10.6. The summed E-state index contributed by atoms with van der Waals surface area (Å²) in [4.78, 5) is 12.8. The molecule has 0 fully saturated rings. The minimum absolute atomic E-state index is 0.0980. The number of hydrogen-bond acceptors (Lipinski definition) is 3. The van der Waals surface area contributed by atoms with Gasteiger partial charge in [0.05, 0.1) is 3.79 Å². The summed E-state index contributed by atoms with van der Waals surface area (Å²) < 4.78 is 1.08. The van der Waals surface area contributed by atoms with Gasteiger partial charge < -0.3 is 5.32 Å². The van der Waals surface area contributed by atoms with Crippen LogP contribution >= 0.6 is 27.3 Å². The van der Waals surface area contributed by atoms with Crippen molar-refractivity contribution < 1.29 is 4.79 Å². The highest BCUT2D eigenvalue weighted by Crippen LogP contribution is 2.23. The average Bonchev–Trinajstić information content (AvgIpc) is 2.51. The van der Waals surface area contributed by atoms with Crippen molar-refractivity contribution in [2.45, 2.75) is 13.3 Å². The van der Waals surface area contributed by atoms with Gasteiger partial charge in [0.1, 0.15) is 5.78 Å². The Bertz CT molecular complexity index is 311. The number of hydrogen-bond donors (Lipinski definition) is 1. The molecule has 1 N–H and O–H groups in total. The van der Waals surface area contributed by atoms with E-state index >= 15 is 0 Å². The molecule has 1 unspecified atom stereocenters. The fourth-order valence-corrected chi connectivity index (χ4v) is 2.71. The lowest BCUT2D eigenvalue weighted by molar-refractivity contribution is -0.121. The Morgan fingerprint density at radius 1 is 1.64 bits per heavy atom. The van der Waals surface area contributed by atoms with Gasteiger partial charge in [-0.2, -0.15) is 0 Å². The Hall–Kier alpha value is -0.190. The Morgan fingerprint density at radius 3 is 2.86 bits per heavy atom. The van der Waals surface area contributed by atoms with E-state index in [9.17, 15) is 4.79 Å². The minimum atomic E-state index is 0.0980. The first kappa shape index (κ1) is 11.9. The molecule has 0 aliphatic heterocycles. The van der Waals surface area contributed by atoms with Gasteiger partial charge >= 0.3 is 0 Å². The topological polar surface area (TPSA) is 29.1 Å². The lowest BCUT2D eigenvalue weighted by Crippen LogP contribution is -2.24. The third kappa shape index (κ3) is 3.52. The predicted octanol–water partition coefficient (Wildman–Crippen LogP) is 2.48. The van der Waals surface area contributed by atoms with E-state index in [0.29, 0.717) is 12.2 Å². The molecule has 14 heavy (non-hydrogen) atoms. The molecule has 0 radical (unpaired) electrons. The Labute approximate surface area is 96.8 Å². The Morgan fingerprint density at radius 2 is 2.36 bits per heavy atom. The van der Waals surface area contributed by atoms with Crippen LogP contribution in [0, 0.1) is 5.92 Å². The van der Waals surface area contributed by atoms with Crippen LogP contribution in [0.4, 0.5) is 0 Å². The van der Waals surface area contributed by atoms with Crippen molar-refractivity contribution in [2.24, 2.45) is 5.92 Å². The highest BCUT2D eigenvalue weighted by atomic mass is 79.9. The number of carbonyl (C=O) groups excluding carboxylic acids is 1. The molecule has 4 heteroatoms. The van der Waals surface area contributed by atoms with E-state index in [4.69, 9.17) is 0 Å². The average molecular weight is 276 g/mol. The zero-order valence-corrected chi connectivity index (χ0v) is 10.7. The van der Waals surface area contributed by atoms with Crippen LogP contribution in [-0.2, 0) is 11.2 Å². The van der Waals surface area contributed by atoms with Crippen molar-refractivity contribution in [3.05, 3.63) is 20.8 Å². The molecule has 1 rings (SSSR count). The predicted molar refractivity (Wildman–Crippen MR) is 63.8 cm³/mol. The third-order valence-corrected chi connectivity index (χ3v) is 3.66. The Kier molecular flexibility index (Phi) is 4.78. The van der Waals surface area contributed by atoms with E-state index in [1.54, 1.807) is 11.3 Å². The first-order chi connectivity index (χ1) is 6.63. The molecular weight excluding hydrogens is 262 g/mol.